The minimum Gasteiger partial charge on any atom is -0.352 e. The molecule has 230 valence electrons. The summed E-state index contributed by atoms with van der Waals surface area (Å²) in [6, 6.07) is 23.8. The summed E-state index contributed by atoms with van der Waals surface area (Å²) in [6.45, 7) is 2.41. The molecule has 43 heavy (non-hydrogen) atoms. The highest BCUT2D eigenvalue weighted by molar-refractivity contribution is 7.92. The van der Waals surface area contributed by atoms with Crippen LogP contribution in [0.1, 0.15) is 62.1 Å². The quantitative estimate of drug-likeness (QED) is 0.233. The van der Waals surface area contributed by atoms with Crippen molar-refractivity contribution < 1.29 is 18.0 Å². The lowest BCUT2D eigenvalue weighted by Gasteiger charge is -2.33. The third kappa shape index (κ3) is 9.57. The molecule has 1 atom stereocenters. The van der Waals surface area contributed by atoms with Crippen LogP contribution in [0.2, 0.25) is 5.02 Å². The molecule has 7 nitrogen and oxygen atoms in total. The van der Waals surface area contributed by atoms with E-state index < -0.39 is 16.1 Å². The first-order valence-corrected chi connectivity index (χ1v) is 17.3. The van der Waals surface area contributed by atoms with Crippen LogP contribution in [-0.2, 0) is 39.0 Å². The third-order valence-corrected chi connectivity index (χ3v) is 9.43. The number of hydrogen-bond acceptors (Lipinski definition) is 4. The molecule has 9 heteroatoms. The van der Waals surface area contributed by atoms with Gasteiger partial charge in [-0.2, -0.15) is 0 Å². The van der Waals surface area contributed by atoms with Gasteiger partial charge in [0.05, 0.1) is 11.9 Å². The number of benzene rings is 3. The van der Waals surface area contributed by atoms with Crippen molar-refractivity contribution in [3.05, 3.63) is 101 Å². The molecule has 1 aliphatic carbocycles. The molecule has 0 radical (unpaired) electrons. The summed E-state index contributed by atoms with van der Waals surface area (Å²) >= 11 is 6.29. The Hall–Kier alpha value is -3.36. The summed E-state index contributed by atoms with van der Waals surface area (Å²) in [4.78, 5) is 29.5. The standard InChI is InChI=1S/C34H42ClN3O4S/c1-3-26-18-20-31(21-19-26)38(43(2,41)42)22-10-17-33(39)37(25-28-13-9-14-29(35)23-28)32(24-27-11-5-4-6-12-27)34(40)36-30-15-7-8-16-30/h4-6,9,11-14,18-21,23,30,32H,3,7-8,10,15-17,22,24-25H2,1-2H3,(H,36,40). The summed E-state index contributed by atoms with van der Waals surface area (Å²) in [5, 5.41) is 3.76. The van der Waals surface area contributed by atoms with E-state index in [1.54, 1.807) is 23.1 Å². The Labute approximate surface area is 261 Å². The smallest absolute Gasteiger partial charge is 0.243 e. The predicted octanol–water partition coefficient (Wildman–Crippen LogP) is 6.15. The number of nitrogens with zero attached hydrogens (tertiary/aromatic N) is 2. The number of hydrogen-bond donors (Lipinski definition) is 1. The fraction of sp³-hybridized carbons (Fsp3) is 0.412. The van der Waals surface area contributed by atoms with E-state index in [0.717, 1.165) is 48.8 Å². The van der Waals surface area contributed by atoms with Crippen LogP contribution in [0.15, 0.2) is 78.9 Å². The summed E-state index contributed by atoms with van der Waals surface area (Å²) in [5.74, 6) is -0.378. The first kappa shape index (κ1) is 32.6. The summed E-state index contributed by atoms with van der Waals surface area (Å²) in [7, 11) is -3.56. The number of carbonyl (C=O) groups is 2. The van der Waals surface area contributed by atoms with E-state index in [9.17, 15) is 18.0 Å². The van der Waals surface area contributed by atoms with E-state index >= 15 is 0 Å². The number of sulfonamides is 1. The number of aryl methyl sites for hydroxylation is 1. The molecular formula is C34H42ClN3O4S. The highest BCUT2D eigenvalue weighted by Crippen LogP contribution is 2.23. The van der Waals surface area contributed by atoms with E-state index in [0.29, 0.717) is 23.6 Å². The number of amides is 2. The fourth-order valence-corrected chi connectivity index (χ4v) is 6.83. The van der Waals surface area contributed by atoms with Crippen molar-refractivity contribution in [1.82, 2.24) is 10.2 Å². The molecule has 1 saturated carbocycles. The molecule has 1 aliphatic rings. The van der Waals surface area contributed by atoms with Crippen LogP contribution >= 0.6 is 11.6 Å². The lowest BCUT2D eigenvalue weighted by molar-refractivity contribution is -0.141. The predicted molar refractivity (Wildman–Crippen MR) is 174 cm³/mol. The van der Waals surface area contributed by atoms with Crippen LogP contribution in [0, 0.1) is 0 Å². The number of halogens is 1. The Morgan fingerprint density at radius 2 is 1.60 bits per heavy atom. The molecule has 4 rings (SSSR count). The van der Waals surface area contributed by atoms with Gasteiger partial charge in [0.2, 0.25) is 21.8 Å². The SMILES string of the molecule is CCc1ccc(N(CCCC(=O)N(Cc2cccc(Cl)c2)C(Cc2ccccc2)C(=O)NC2CCCC2)S(C)(=O)=O)cc1. The van der Waals surface area contributed by atoms with Crippen LogP contribution < -0.4 is 9.62 Å². The van der Waals surface area contributed by atoms with Gasteiger partial charge >= 0.3 is 0 Å². The molecule has 0 heterocycles. The van der Waals surface area contributed by atoms with Gasteiger partial charge in [-0.1, -0.05) is 86.0 Å². The monoisotopic (exact) mass is 623 g/mol. The Bertz CT molecular complexity index is 1460. The Kier molecular flexibility index (Phi) is 11.7. The van der Waals surface area contributed by atoms with E-state index in [2.05, 4.69) is 5.32 Å². The van der Waals surface area contributed by atoms with Crippen molar-refractivity contribution in [3.8, 4) is 0 Å². The average molecular weight is 624 g/mol. The van der Waals surface area contributed by atoms with Crippen LogP contribution in [-0.4, -0.2) is 50.0 Å². The topological polar surface area (TPSA) is 86.8 Å². The van der Waals surface area contributed by atoms with E-state index in [1.807, 2.05) is 67.6 Å². The second kappa shape index (κ2) is 15.4. The maximum atomic E-state index is 14.0. The van der Waals surface area contributed by atoms with Gasteiger partial charge < -0.3 is 10.2 Å². The van der Waals surface area contributed by atoms with Crippen molar-refractivity contribution in [2.75, 3.05) is 17.1 Å². The van der Waals surface area contributed by atoms with Gasteiger partial charge in [-0.3, -0.25) is 13.9 Å². The molecule has 1 fully saturated rings. The van der Waals surface area contributed by atoms with Gasteiger partial charge in [-0.05, 0) is 66.6 Å². The normalized spacial score (nSPS) is 14.3. The van der Waals surface area contributed by atoms with Crippen molar-refractivity contribution in [2.45, 2.75) is 76.9 Å². The third-order valence-electron chi connectivity index (χ3n) is 8.00. The van der Waals surface area contributed by atoms with Crippen molar-refractivity contribution in [3.63, 3.8) is 0 Å². The largest absolute Gasteiger partial charge is 0.352 e. The maximum absolute atomic E-state index is 14.0. The van der Waals surface area contributed by atoms with E-state index in [-0.39, 0.29) is 37.4 Å². The highest BCUT2D eigenvalue weighted by atomic mass is 35.5. The van der Waals surface area contributed by atoms with Gasteiger partial charge in [-0.25, -0.2) is 8.42 Å². The fourth-order valence-electron chi connectivity index (χ4n) is 5.66. The lowest BCUT2D eigenvalue weighted by Crippen LogP contribution is -2.52. The minimum absolute atomic E-state index is 0.0849. The first-order valence-electron chi connectivity index (χ1n) is 15.1. The van der Waals surface area contributed by atoms with Crippen LogP contribution in [0.4, 0.5) is 5.69 Å². The van der Waals surface area contributed by atoms with Gasteiger partial charge in [0.1, 0.15) is 6.04 Å². The van der Waals surface area contributed by atoms with Crippen LogP contribution in [0.25, 0.3) is 0 Å². The van der Waals surface area contributed by atoms with Gasteiger partial charge in [0.15, 0.2) is 0 Å². The summed E-state index contributed by atoms with van der Waals surface area (Å²) in [6.07, 6.45) is 6.82. The molecule has 1 N–H and O–H groups in total. The molecule has 0 saturated heterocycles. The first-order chi connectivity index (χ1) is 20.6. The Balaban J connectivity index is 1.57. The number of carbonyl (C=O) groups excluding carboxylic acids is 2. The second-order valence-corrected chi connectivity index (χ2v) is 13.6. The molecule has 0 aliphatic heterocycles. The number of rotatable bonds is 14. The van der Waals surface area contributed by atoms with Crippen LogP contribution in [0.5, 0.6) is 0 Å². The molecule has 3 aromatic carbocycles. The molecule has 2 amide bonds. The highest BCUT2D eigenvalue weighted by Gasteiger charge is 2.32. The zero-order valence-electron chi connectivity index (χ0n) is 25.0. The maximum Gasteiger partial charge on any atom is 0.243 e. The molecular weight excluding hydrogens is 582 g/mol. The second-order valence-electron chi connectivity index (χ2n) is 11.3. The molecule has 0 spiro atoms. The van der Waals surface area contributed by atoms with Crippen molar-refractivity contribution in [2.24, 2.45) is 0 Å². The minimum atomic E-state index is -3.56. The van der Waals surface area contributed by atoms with Crippen LogP contribution in [0.3, 0.4) is 0 Å². The molecule has 1 unspecified atom stereocenters. The molecule has 0 bridgehead atoms. The Morgan fingerprint density at radius 1 is 0.930 bits per heavy atom. The summed E-state index contributed by atoms with van der Waals surface area (Å²) in [5.41, 5.74) is 3.46. The van der Waals surface area contributed by atoms with Gasteiger partial charge in [0, 0.05) is 37.0 Å². The molecule has 0 aromatic heterocycles. The van der Waals surface area contributed by atoms with E-state index in [1.165, 1.54) is 10.6 Å². The zero-order chi connectivity index (χ0) is 30.8. The Morgan fingerprint density at radius 3 is 2.23 bits per heavy atom. The van der Waals surface area contributed by atoms with Gasteiger partial charge in [-0.15, -0.1) is 0 Å². The summed E-state index contributed by atoms with van der Waals surface area (Å²) < 4.78 is 26.7. The van der Waals surface area contributed by atoms with Crippen molar-refractivity contribution >= 4 is 39.1 Å². The van der Waals surface area contributed by atoms with Crippen molar-refractivity contribution in [1.29, 1.82) is 0 Å². The lowest BCUT2D eigenvalue weighted by atomic mass is 10.0. The average Bonchev–Trinajstić information content (AvgIpc) is 3.50. The number of anilines is 1. The van der Waals surface area contributed by atoms with Gasteiger partial charge in [0.25, 0.3) is 0 Å². The number of nitrogens with one attached hydrogen (secondary N) is 1. The molecule has 3 aromatic rings. The van der Waals surface area contributed by atoms with E-state index in [4.69, 9.17) is 11.6 Å². The zero-order valence-corrected chi connectivity index (χ0v) is 26.6.